The van der Waals surface area contributed by atoms with E-state index in [-0.39, 0.29) is 5.56 Å². The summed E-state index contributed by atoms with van der Waals surface area (Å²) < 4.78 is 1.54. The SMILES string of the molecule is O=C(O)c1ccc2nc(C3CCNC3)nn2c1. The Balaban J connectivity index is 2.03. The molecule has 2 aromatic heterocycles. The van der Waals surface area contributed by atoms with E-state index in [1.807, 2.05) is 0 Å². The van der Waals surface area contributed by atoms with Crippen LogP contribution in [0.25, 0.3) is 5.65 Å². The van der Waals surface area contributed by atoms with Gasteiger partial charge in [-0.15, -0.1) is 0 Å². The van der Waals surface area contributed by atoms with Crippen molar-refractivity contribution in [3.05, 3.63) is 29.7 Å². The molecule has 17 heavy (non-hydrogen) atoms. The Morgan fingerprint density at radius 3 is 3.12 bits per heavy atom. The summed E-state index contributed by atoms with van der Waals surface area (Å²) >= 11 is 0. The molecule has 3 rings (SSSR count). The number of carbonyl (C=O) groups is 1. The molecule has 88 valence electrons. The molecule has 1 aliphatic heterocycles. The van der Waals surface area contributed by atoms with E-state index in [9.17, 15) is 4.79 Å². The van der Waals surface area contributed by atoms with Crippen LogP contribution in [-0.4, -0.2) is 38.8 Å². The van der Waals surface area contributed by atoms with Crippen molar-refractivity contribution in [2.24, 2.45) is 0 Å². The van der Waals surface area contributed by atoms with Gasteiger partial charge < -0.3 is 10.4 Å². The van der Waals surface area contributed by atoms with Crippen molar-refractivity contribution in [3.8, 4) is 0 Å². The summed E-state index contributed by atoms with van der Waals surface area (Å²) in [7, 11) is 0. The predicted octanol–water partition coefficient (Wildman–Crippen LogP) is 0.504. The fourth-order valence-corrected chi connectivity index (χ4v) is 2.07. The van der Waals surface area contributed by atoms with Crippen molar-refractivity contribution in [1.29, 1.82) is 0 Å². The van der Waals surface area contributed by atoms with Crippen LogP contribution in [0.4, 0.5) is 0 Å². The Labute approximate surface area is 97.3 Å². The van der Waals surface area contributed by atoms with Gasteiger partial charge >= 0.3 is 5.97 Å². The second-order valence-corrected chi connectivity index (χ2v) is 4.19. The van der Waals surface area contributed by atoms with Gasteiger partial charge in [0.15, 0.2) is 11.5 Å². The number of nitrogens with zero attached hydrogens (tertiary/aromatic N) is 3. The quantitative estimate of drug-likeness (QED) is 0.788. The first-order chi connectivity index (χ1) is 8.24. The fraction of sp³-hybridized carbons (Fsp3) is 0.364. The van der Waals surface area contributed by atoms with Crippen LogP contribution in [0.3, 0.4) is 0 Å². The number of aromatic nitrogens is 3. The third-order valence-corrected chi connectivity index (χ3v) is 3.02. The maximum absolute atomic E-state index is 10.8. The van der Waals surface area contributed by atoms with Crippen molar-refractivity contribution in [2.45, 2.75) is 12.3 Å². The molecule has 0 amide bonds. The van der Waals surface area contributed by atoms with Gasteiger partial charge in [-0.25, -0.2) is 14.3 Å². The molecule has 6 heteroatoms. The monoisotopic (exact) mass is 232 g/mol. The van der Waals surface area contributed by atoms with E-state index in [0.29, 0.717) is 11.6 Å². The largest absolute Gasteiger partial charge is 0.478 e. The van der Waals surface area contributed by atoms with Crippen LogP contribution in [0, 0.1) is 0 Å². The Bertz CT molecular complexity index is 572. The number of nitrogens with one attached hydrogen (secondary N) is 1. The molecule has 0 aromatic carbocycles. The van der Waals surface area contributed by atoms with Gasteiger partial charge in [0.25, 0.3) is 0 Å². The number of rotatable bonds is 2. The molecule has 6 nitrogen and oxygen atoms in total. The van der Waals surface area contributed by atoms with Crippen molar-refractivity contribution in [3.63, 3.8) is 0 Å². The van der Waals surface area contributed by atoms with Crippen molar-refractivity contribution in [2.75, 3.05) is 13.1 Å². The maximum atomic E-state index is 10.8. The number of aromatic carboxylic acids is 1. The number of carboxylic acids is 1. The van der Waals surface area contributed by atoms with Crippen LogP contribution < -0.4 is 5.32 Å². The first kappa shape index (κ1) is 10.2. The number of hydrogen-bond acceptors (Lipinski definition) is 4. The van der Waals surface area contributed by atoms with E-state index in [1.165, 1.54) is 10.7 Å². The van der Waals surface area contributed by atoms with Gasteiger partial charge in [0.05, 0.1) is 5.56 Å². The Hall–Kier alpha value is -1.95. The topological polar surface area (TPSA) is 79.5 Å². The summed E-state index contributed by atoms with van der Waals surface area (Å²) in [5.74, 6) is 0.173. The zero-order chi connectivity index (χ0) is 11.8. The molecule has 1 aliphatic rings. The summed E-state index contributed by atoms with van der Waals surface area (Å²) in [4.78, 5) is 15.3. The lowest BCUT2D eigenvalue weighted by Crippen LogP contribution is -2.09. The van der Waals surface area contributed by atoms with Gasteiger partial charge in [-0.1, -0.05) is 0 Å². The second-order valence-electron chi connectivity index (χ2n) is 4.19. The normalized spacial score (nSPS) is 19.9. The van der Waals surface area contributed by atoms with E-state index >= 15 is 0 Å². The summed E-state index contributed by atoms with van der Waals surface area (Å²) in [5, 5.41) is 16.5. The fourth-order valence-electron chi connectivity index (χ4n) is 2.07. The number of hydrogen-bond donors (Lipinski definition) is 2. The molecule has 0 aliphatic carbocycles. The van der Waals surface area contributed by atoms with Crippen LogP contribution in [0.2, 0.25) is 0 Å². The molecule has 3 heterocycles. The zero-order valence-electron chi connectivity index (χ0n) is 9.13. The molecule has 2 aromatic rings. The molecule has 1 fully saturated rings. The average molecular weight is 232 g/mol. The molecule has 0 saturated carbocycles. The van der Waals surface area contributed by atoms with E-state index in [4.69, 9.17) is 5.11 Å². The molecule has 1 atom stereocenters. The third kappa shape index (κ3) is 1.76. The number of fused-ring (bicyclic) bond motifs is 1. The van der Waals surface area contributed by atoms with Crippen molar-refractivity contribution < 1.29 is 9.90 Å². The van der Waals surface area contributed by atoms with E-state index < -0.39 is 5.97 Å². The van der Waals surface area contributed by atoms with Gasteiger partial charge in [0.2, 0.25) is 0 Å². The lowest BCUT2D eigenvalue weighted by Gasteiger charge is -1.99. The van der Waals surface area contributed by atoms with Crippen LogP contribution in [0.15, 0.2) is 18.3 Å². The molecule has 0 radical (unpaired) electrons. The molecule has 2 N–H and O–H groups in total. The van der Waals surface area contributed by atoms with Gasteiger partial charge in [-0.2, -0.15) is 5.10 Å². The van der Waals surface area contributed by atoms with E-state index in [1.54, 1.807) is 12.1 Å². The summed E-state index contributed by atoms with van der Waals surface area (Å²) in [6.07, 6.45) is 2.53. The molecular formula is C11H12N4O2. The molecular weight excluding hydrogens is 220 g/mol. The molecule has 1 unspecified atom stereocenters. The number of carboxylic acid groups (broad SMARTS) is 1. The first-order valence-corrected chi connectivity index (χ1v) is 5.54. The van der Waals surface area contributed by atoms with Gasteiger partial charge in [0, 0.05) is 18.7 Å². The minimum Gasteiger partial charge on any atom is -0.478 e. The summed E-state index contributed by atoms with van der Waals surface area (Å²) in [6, 6.07) is 3.23. The highest BCUT2D eigenvalue weighted by atomic mass is 16.4. The lowest BCUT2D eigenvalue weighted by molar-refractivity contribution is 0.0696. The van der Waals surface area contributed by atoms with Crippen molar-refractivity contribution in [1.82, 2.24) is 19.9 Å². The smallest absolute Gasteiger partial charge is 0.337 e. The van der Waals surface area contributed by atoms with Crippen LogP contribution in [0.5, 0.6) is 0 Å². The molecule has 1 saturated heterocycles. The second kappa shape index (κ2) is 3.81. The predicted molar refractivity (Wildman–Crippen MR) is 60.2 cm³/mol. The van der Waals surface area contributed by atoms with Crippen LogP contribution in [-0.2, 0) is 0 Å². The third-order valence-electron chi connectivity index (χ3n) is 3.02. The van der Waals surface area contributed by atoms with Crippen molar-refractivity contribution >= 4 is 11.6 Å². The zero-order valence-corrected chi connectivity index (χ0v) is 9.13. The highest BCUT2D eigenvalue weighted by Crippen LogP contribution is 2.19. The molecule has 0 spiro atoms. The summed E-state index contributed by atoms with van der Waals surface area (Å²) in [6.45, 7) is 1.88. The molecule has 0 bridgehead atoms. The van der Waals surface area contributed by atoms with Crippen LogP contribution >= 0.6 is 0 Å². The average Bonchev–Trinajstić information content (AvgIpc) is 2.96. The minimum atomic E-state index is -0.952. The summed E-state index contributed by atoms with van der Waals surface area (Å²) in [5.41, 5.74) is 0.912. The lowest BCUT2D eigenvalue weighted by atomic mass is 10.1. The first-order valence-electron chi connectivity index (χ1n) is 5.54. The Morgan fingerprint density at radius 1 is 1.53 bits per heavy atom. The minimum absolute atomic E-state index is 0.221. The Kier molecular flexibility index (Phi) is 2.29. The highest BCUT2D eigenvalue weighted by Gasteiger charge is 2.21. The highest BCUT2D eigenvalue weighted by molar-refractivity contribution is 5.87. The van der Waals surface area contributed by atoms with Gasteiger partial charge in [-0.3, -0.25) is 0 Å². The maximum Gasteiger partial charge on any atom is 0.337 e. The van der Waals surface area contributed by atoms with Gasteiger partial charge in [-0.05, 0) is 25.1 Å². The van der Waals surface area contributed by atoms with E-state index in [2.05, 4.69) is 15.4 Å². The van der Waals surface area contributed by atoms with Gasteiger partial charge in [0.1, 0.15) is 0 Å². The number of pyridine rings is 1. The Morgan fingerprint density at radius 2 is 2.41 bits per heavy atom. The van der Waals surface area contributed by atoms with Crippen LogP contribution in [0.1, 0.15) is 28.5 Å². The van der Waals surface area contributed by atoms with E-state index in [0.717, 1.165) is 25.3 Å². The standard InChI is InChI=1S/C11H12N4O2/c16-11(17)8-1-2-9-13-10(14-15(9)6-8)7-3-4-12-5-7/h1-2,6-7,12H,3-5H2,(H,16,17).